The van der Waals surface area contributed by atoms with Crippen molar-refractivity contribution in [2.75, 3.05) is 13.2 Å². The molecule has 5 atom stereocenters. The van der Waals surface area contributed by atoms with E-state index in [1.54, 1.807) is 24.3 Å². The van der Waals surface area contributed by atoms with Gasteiger partial charge in [0.25, 0.3) is 10.1 Å². The van der Waals surface area contributed by atoms with Crippen LogP contribution >= 0.6 is 0 Å². The lowest BCUT2D eigenvalue weighted by Crippen LogP contribution is -2.50. The molecule has 2 saturated carbocycles. The zero-order valence-corrected chi connectivity index (χ0v) is 25.9. The molecule has 5 rings (SSSR count). The lowest BCUT2D eigenvalue weighted by molar-refractivity contribution is -0.100. The Balaban J connectivity index is 1.13. The number of hydrogen-bond donors (Lipinski definition) is 1. The molecule has 0 heterocycles. The fourth-order valence-electron chi connectivity index (χ4n) is 7.97. The van der Waals surface area contributed by atoms with E-state index in [0.29, 0.717) is 30.6 Å². The van der Waals surface area contributed by atoms with Crippen molar-refractivity contribution in [3.05, 3.63) is 71.3 Å². The molecular weight excluding hydrogens is 532 g/mol. The topological polar surface area (TPSA) is 72.8 Å². The van der Waals surface area contributed by atoms with Crippen LogP contribution in [-0.4, -0.2) is 32.3 Å². The number of ether oxygens (including phenoxy) is 1. The molecule has 3 aliphatic rings. The Hall–Kier alpha value is -2.15. The van der Waals surface area contributed by atoms with E-state index in [2.05, 4.69) is 44.2 Å². The summed E-state index contributed by atoms with van der Waals surface area (Å²) in [5, 5.41) is 12.0. The van der Waals surface area contributed by atoms with Crippen molar-refractivity contribution in [3.8, 4) is 5.75 Å². The molecule has 0 spiro atoms. The van der Waals surface area contributed by atoms with Gasteiger partial charge in [0.1, 0.15) is 5.75 Å². The van der Waals surface area contributed by atoms with Crippen molar-refractivity contribution in [2.45, 2.75) is 108 Å². The maximum atomic E-state index is 12.4. The van der Waals surface area contributed by atoms with E-state index < -0.39 is 15.7 Å². The van der Waals surface area contributed by atoms with E-state index in [4.69, 9.17) is 8.92 Å². The van der Waals surface area contributed by atoms with Crippen LogP contribution in [0.15, 0.2) is 59.5 Å². The van der Waals surface area contributed by atoms with Crippen LogP contribution in [0.2, 0.25) is 0 Å². The Morgan fingerprint density at radius 2 is 1.80 bits per heavy atom. The van der Waals surface area contributed by atoms with Crippen LogP contribution < -0.4 is 4.74 Å². The van der Waals surface area contributed by atoms with E-state index in [-0.39, 0.29) is 16.9 Å². The summed E-state index contributed by atoms with van der Waals surface area (Å²) in [6, 6.07) is 13.5. The second-order valence-electron chi connectivity index (χ2n) is 12.9. The van der Waals surface area contributed by atoms with Crippen molar-refractivity contribution in [1.82, 2.24) is 0 Å². The van der Waals surface area contributed by atoms with Gasteiger partial charge in [-0.3, -0.25) is 4.18 Å². The average molecular weight is 581 g/mol. The minimum Gasteiger partial charge on any atom is -0.494 e. The Morgan fingerprint density at radius 1 is 1.00 bits per heavy atom. The monoisotopic (exact) mass is 580 g/mol. The van der Waals surface area contributed by atoms with Gasteiger partial charge in [-0.25, -0.2) is 0 Å². The number of fused-ring (bicyclic) bond motifs is 5. The number of rotatable bonds is 12. The summed E-state index contributed by atoms with van der Waals surface area (Å²) in [6.45, 7) is 7.40. The molecule has 41 heavy (non-hydrogen) atoms. The van der Waals surface area contributed by atoms with Crippen LogP contribution in [0, 0.1) is 24.2 Å². The van der Waals surface area contributed by atoms with Gasteiger partial charge in [0.05, 0.1) is 23.7 Å². The number of aryl methyl sites for hydroxylation is 2. The Kier molecular flexibility index (Phi) is 9.32. The quantitative estimate of drug-likeness (QED) is 0.157. The maximum Gasteiger partial charge on any atom is 0.296 e. The smallest absolute Gasteiger partial charge is 0.296 e. The molecule has 0 saturated heterocycles. The fraction of sp³-hybridized carbons (Fsp3) is 0.600. The van der Waals surface area contributed by atoms with E-state index in [0.717, 1.165) is 69.3 Å². The minimum absolute atomic E-state index is 0.0650. The number of hydrogen-bond acceptors (Lipinski definition) is 5. The number of aliphatic hydroxyl groups is 1. The van der Waals surface area contributed by atoms with Crippen molar-refractivity contribution in [1.29, 1.82) is 0 Å². The molecule has 3 aliphatic carbocycles. The zero-order chi connectivity index (χ0) is 29.1. The van der Waals surface area contributed by atoms with Crippen LogP contribution in [0.1, 0.15) is 101 Å². The normalized spacial score (nSPS) is 29.2. The van der Waals surface area contributed by atoms with Crippen molar-refractivity contribution in [3.63, 3.8) is 0 Å². The molecule has 0 aromatic heterocycles. The summed E-state index contributed by atoms with van der Waals surface area (Å²) in [7, 11) is -3.72. The molecule has 6 heteroatoms. The zero-order valence-electron chi connectivity index (χ0n) is 25.1. The summed E-state index contributed by atoms with van der Waals surface area (Å²) >= 11 is 0. The molecule has 0 unspecified atom stereocenters. The second kappa shape index (κ2) is 12.6. The lowest BCUT2D eigenvalue weighted by atomic mass is 9.53. The maximum absolute atomic E-state index is 12.4. The van der Waals surface area contributed by atoms with Crippen molar-refractivity contribution >= 4 is 10.1 Å². The lowest BCUT2D eigenvalue weighted by Gasteiger charge is -2.53. The summed E-state index contributed by atoms with van der Waals surface area (Å²) in [5.41, 5.74) is 3.26. The third-order valence-corrected chi connectivity index (χ3v) is 11.8. The highest BCUT2D eigenvalue weighted by Gasteiger charge is 2.60. The van der Waals surface area contributed by atoms with Crippen molar-refractivity contribution < 1.29 is 22.4 Å². The SMILES string of the molecule is CCCCOc1ccc2c(c1)CC[C@@H]1[C@@H]2CC[C@@]2(C)[C@H]1CC[C@@]2(O)C/C=C\CCCOS(=O)(=O)c1ccc(C)cc1. The first kappa shape index (κ1) is 30.3. The molecule has 5 nitrogen and oxygen atoms in total. The van der Waals surface area contributed by atoms with Crippen LogP contribution in [0.4, 0.5) is 0 Å². The Bertz CT molecular complexity index is 1320. The standard InChI is InChI=1S/C35H48O5S/c1-4-5-23-39-28-13-17-30-27(25-28)12-16-32-31(30)18-21-34(3)33(32)19-22-35(34,36)20-8-6-7-9-24-40-41(37,38)29-14-10-26(2)11-15-29/h6,8,10-11,13-15,17,25,31-33,36H,4-5,7,9,12,16,18-24H2,1-3H3/b8-6-/t31-,32-,33+,34+,35+/m1/s1. The van der Waals surface area contributed by atoms with Gasteiger partial charge in [0, 0.05) is 0 Å². The van der Waals surface area contributed by atoms with Crippen LogP contribution in [0.3, 0.4) is 0 Å². The minimum atomic E-state index is -3.72. The van der Waals surface area contributed by atoms with Gasteiger partial charge in [0.2, 0.25) is 0 Å². The predicted octanol–water partition coefficient (Wildman–Crippen LogP) is 7.89. The van der Waals surface area contributed by atoms with Gasteiger partial charge in [0.15, 0.2) is 0 Å². The van der Waals surface area contributed by atoms with E-state index in [1.807, 2.05) is 6.92 Å². The highest BCUT2D eigenvalue weighted by atomic mass is 32.2. The van der Waals surface area contributed by atoms with Gasteiger partial charge in [-0.05, 0) is 130 Å². The molecule has 0 amide bonds. The largest absolute Gasteiger partial charge is 0.494 e. The van der Waals surface area contributed by atoms with Crippen molar-refractivity contribution in [2.24, 2.45) is 17.3 Å². The molecule has 2 fully saturated rings. The molecule has 0 aliphatic heterocycles. The fourth-order valence-corrected chi connectivity index (χ4v) is 8.91. The summed E-state index contributed by atoms with van der Waals surface area (Å²) in [5.74, 6) is 2.79. The summed E-state index contributed by atoms with van der Waals surface area (Å²) < 4.78 is 36.0. The number of benzene rings is 2. The molecule has 2 aromatic rings. The van der Waals surface area contributed by atoms with E-state index in [9.17, 15) is 13.5 Å². The predicted molar refractivity (Wildman–Crippen MR) is 164 cm³/mol. The first-order chi connectivity index (χ1) is 19.7. The van der Waals surface area contributed by atoms with Gasteiger partial charge < -0.3 is 9.84 Å². The first-order valence-electron chi connectivity index (χ1n) is 15.8. The van der Waals surface area contributed by atoms with Crippen LogP contribution in [-0.2, 0) is 20.7 Å². The number of allylic oxidation sites excluding steroid dienone is 1. The second-order valence-corrected chi connectivity index (χ2v) is 14.5. The molecular formula is C35H48O5S. The third kappa shape index (κ3) is 6.30. The van der Waals surface area contributed by atoms with Gasteiger partial charge in [-0.1, -0.05) is 56.2 Å². The average Bonchev–Trinajstić information content (AvgIpc) is 3.23. The number of unbranched alkanes of at least 4 members (excludes halogenated alkanes) is 2. The highest BCUT2D eigenvalue weighted by molar-refractivity contribution is 7.86. The van der Waals surface area contributed by atoms with E-state index in [1.165, 1.54) is 17.5 Å². The molecule has 0 radical (unpaired) electrons. The first-order valence-corrected chi connectivity index (χ1v) is 17.2. The van der Waals surface area contributed by atoms with Gasteiger partial charge in [-0.2, -0.15) is 8.42 Å². The molecule has 224 valence electrons. The molecule has 0 bridgehead atoms. The van der Waals surface area contributed by atoms with Gasteiger partial charge >= 0.3 is 0 Å². The van der Waals surface area contributed by atoms with E-state index >= 15 is 0 Å². The Labute approximate surface area is 247 Å². The summed E-state index contributed by atoms with van der Waals surface area (Å²) in [4.78, 5) is 0.197. The third-order valence-electron chi connectivity index (χ3n) is 10.5. The van der Waals surface area contributed by atoms with Crippen LogP contribution in [0.25, 0.3) is 0 Å². The Morgan fingerprint density at radius 3 is 2.59 bits per heavy atom. The highest BCUT2D eigenvalue weighted by Crippen LogP contribution is 2.65. The van der Waals surface area contributed by atoms with Gasteiger partial charge in [-0.15, -0.1) is 0 Å². The summed E-state index contributed by atoms with van der Waals surface area (Å²) in [6.07, 6.45) is 14.9. The van der Waals surface area contributed by atoms with Crippen LogP contribution in [0.5, 0.6) is 5.75 Å². The molecule has 1 N–H and O–H groups in total. The molecule has 2 aromatic carbocycles.